The minimum absolute atomic E-state index is 0.611. The van der Waals surface area contributed by atoms with Gasteiger partial charge in [-0.3, -0.25) is 0 Å². The zero-order valence-electron chi connectivity index (χ0n) is 9.48. The Morgan fingerprint density at radius 2 is 2.06 bits per heavy atom. The number of nitrogens with zero attached hydrogens (tertiary/aromatic N) is 1. The molecule has 2 rings (SSSR count). The molecule has 1 heterocycles. The van der Waals surface area contributed by atoms with Crippen LogP contribution in [0.4, 0.5) is 5.69 Å². The van der Waals surface area contributed by atoms with E-state index in [2.05, 4.69) is 32.3 Å². The summed E-state index contributed by atoms with van der Waals surface area (Å²) in [5.41, 5.74) is 2.09. The van der Waals surface area contributed by atoms with Crippen molar-refractivity contribution in [2.75, 3.05) is 12.4 Å². The van der Waals surface area contributed by atoms with Crippen LogP contribution in [0.5, 0.6) is 5.88 Å². The standard InChI is InChI=1S/C13H13BrN2O/c1-17-13-12(7-4-8-15-13)16-9-10-5-2-3-6-11(10)14/h2-8,16H,9H2,1H3. The van der Waals surface area contributed by atoms with E-state index in [0.717, 1.165) is 16.7 Å². The fourth-order valence-corrected chi connectivity index (χ4v) is 1.95. The highest BCUT2D eigenvalue weighted by molar-refractivity contribution is 9.10. The van der Waals surface area contributed by atoms with Gasteiger partial charge >= 0.3 is 0 Å². The summed E-state index contributed by atoms with van der Waals surface area (Å²) in [6.45, 7) is 0.726. The van der Waals surface area contributed by atoms with E-state index in [9.17, 15) is 0 Å². The SMILES string of the molecule is COc1ncccc1NCc1ccccc1Br. The molecule has 2 aromatic rings. The van der Waals surface area contributed by atoms with Crippen molar-refractivity contribution in [1.82, 2.24) is 4.98 Å². The van der Waals surface area contributed by atoms with Crippen LogP contribution in [0.15, 0.2) is 47.1 Å². The maximum Gasteiger partial charge on any atom is 0.237 e. The summed E-state index contributed by atoms with van der Waals surface area (Å²) in [7, 11) is 1.62. The fourth-order valence-electron chi connectivity index (χ4n) is 1.52. The van der Waals surface area contributed by atoms with E-state index in [1.807, 2.05) is 30.3 Å². The molecule has 0 aliphatic heterocycles. The van der Waals surface area contributed by atoms with Gasteiger partial charge in [-0.1, -0.05) is 34.1 Å². The minimum Gasteiger partial charge on any atom is -0.480 e. The lowest BCUT2D eigenvalue weighted by Gasteiger charge is -2.10. The Bertz CT molecular complexity index is 502. The summed E-state index contributed by atoms with van der Waals surface area (Å²) in [5, 5.41) is 3.30. The van der Waals surface area contributed by atoms with Crippen LogP contribution in [0.1, 0.15) is 5.56 Å². The predicted octanol–water partition coefficient (Wildman–Crippen LogP) is 3.46. The lowest BCUT2D eigenvalue weighted by atomic mass is 10.2. The van der Waals surface area contributed by atoms with Gasteiger partial charge in [0.1, 0.15) is 0 Å². The molecule has 0 spiro atoms. The van der Waals surface area contributed by atoms with Crippen molar-refractivity contribution in [3.05, 3.63) is 52.6 Å². The van der Waals surface area contributed by atoms with Crippen molar-refractivity contribution in [2.24, 2.45) is 0 Å². The molecule has 1 N–H and O–H groups in total. The van der Waals surface area contributed by atoms with Crippen molar-refractivity contribution in [1.29, 1.82) is 0 Å². The van der Waals surface area contributed by atoms with Gasteiger partial charge in [0, 0.05) is 17.2 Å². The van der Waals surface area contributed by atoms with E-state index < -0.39 is 0 Å². The molecule has 0 saturated carbocycles. The second-order valence-corrected chi connectivity index (χ2v) is 4.36. The summed E-state index contributed by atoms with van der Waals surface area (Å²) in [6, 6.07) is 11.9. The Balaban J connectivity index is 2.10. The van der Waals surface area contributed by atoms with Gasteiger partial charge in [-0.15, -0.1) is 0 Å². The Morgan fingerprint density at radius 3 is 2.82 bits per heavy atom. The smallest absolute Gasteiger partial charge is 0.237 e. The van der Waals surface area contributed by atoms with E-state index >= 15 is 0 Å². The third-order valence-electron chi connectivity index (χ3n) is 2.39. The summed E-state index contributed by atoms with van der Waals surface area (Å²) in [6.07, 6.45) is 1.71. The summed E-state index contributed by atoms with van der Waals surface area (Å²) in [4.78, 5) is 4.14. The molecule has 0 aliphatic rings. The van der Waals surface area contributed by atoms with Crippen LogP contribution < -0.4 is 10.1 Å². The molecule has 0 bridgehead atoms. The quantitative estimate of drug-likeness (QED) is 0.937. The predicted molar refractivity (Wildman–Crippen MR) is 72.3 cm³/mol. The number of anilines is 1. The molecule has 17 heavy (non-hydrogen) atoms. The molecule has 0 fully saturated rings. The number of halogens is 1. The van der Waals surface area contributed by atoms with Crippen LogP contribution in [-0.4, -0.2) is 12.1 Å². The number of hydrogen-bond donors (Lipinski definition) is 1. The highest BCUT2D eigenvalue weighted by Gasteiger charge is 2.03. The fraction of sp³-hybridized carbons (Fsp3) is 0.154. The molecule has 0 saturated heterocycles. The van der Waals surface area contributed by atoms with Crippen LogP contribution in [-0.2, 0) is 6.54 Å². The van der Waals surface area contributed by atoms with Crippen LogP contribution in [0, 0.1) is 0 Å². The third kappa shape index (κ3) is 2.97. The molecule has 4 heteroatoms. The average Bonchev–Trinajstić information content (AvgIpc) is 2.38. The van der Waals surface area contributed by atoms with Gasteiger partial charge in [0.2, 0.25) is 5.88 Å². The molecule has 0 atom stereocenters. The largest absolute Gasteiger partial charge is 0.480 e. The topological polar surface area (TPSA) is 34.1 Å². The Morgan fingerprint density at radius 1 is 1.24 bits per heavy atom. The van der Waals surface area contributed by atoms with Crippen LogP contribution >= 0.6 is 15.9 Å². The van der Waals surface area contributed by atoms with Gasteiger partial charge in [-0.05, 0) is 23.8 Å². The molecule has 0 aliphatic carbocycles. The normalized spacial score (nSPS) is 10.0. The molecule has 0 unspecified atom stereocenters. The third-order valence-corrected chi connectivity index (χ3v) is 3.17. The molecule has 88 valence electrons. The lowest BCUT2D eigenvalue weighted by molar-refractivity contribution is 0.399. The first-order valence-corrected chi connectivity index (χ1v) is 6.07. The van der Waals surface area contributed by atoms with Gasteiger partial charge in [0.15, 0.2) is 0 Å². The highest BCUT2D eigenvalue weighted by Crippen LogP contribution is 2.22. The van der Waals surface area contributed by atoms with Gasteiger partial charge in [0.05, 0.1) is 12.8 Å². The van der Waals surface area contributed by atoms with Crippen molar-refractivity contribution < 1.29 is 4.74 Å². The van der Waals surface area contributed by atoms with E-state index in [1.165, 1.54) is 5.56 Å². The summed E-state index contributed by atoms with van der Waals surface area (Å²) < 4.78 is 6.27. The van der Waals surface area contributed by atoms with Crippen molar-refractivity contribution >= 4 is 21.6 Å². The number of pyridine rings is 1. The minimum atomic E-state index is 0.611. The van der Waals surface area contributed by atoms with Crippen molar-refractivity contribution in [2.45, 2.75) is 6.54 Å². The van der Waals surface area contributed by atoms with Crippen LogP contribution in [0.3, 0.4) is 0 Å². The first-order valence-electron chi connectivity index (χ1n) is 5.27. The zero-order valence-corrected chi connectivity index (χ0v) is 11.1. The van der Waals surface area contributed by atoms with E-state index in [0.29, 0.717) is 5.88 Å². The van der Waals surface area contributed by atoms with E-state index in [4.69, 9.17) is 4.74 Å². The monoisotopic (exact) mass is 292 g/mol. The second-order valence-electron chi connectivity index (χ2n) is 3.51. The Labute approximate surface area is 109 Å². The number of ether oxygens (including phenoxy) is 1. The Hall–Kier alpha value is -1.55. The van der Waals surface area contributed by atoms with Crippen molar-refractivity contribution in [3.63, 3.8) is 0 Å². The van der Waals surface area contributed by atoms with Gasteiger partial charge in [-0.25, -0.2) is 4.98 Å². The second kappa shape index (κ2) is 5.68. The molecule has 1 aromatic heterocycles. The number of rotatable bonds is 4. The van der Waals surface area contributed by atoms with Crippen LogP contribution in [0.2, 0.25) is 0 Å². The van der Waals surface area contributed by atoms with E-state index in [-0.39, 0.29) is 0 Å². The number of benzene rings is 1. The lowest BCUT2D eigenvalue weighted by Crippen LogP contribution is -2.02. The van der Waals surface area contributed by atoms with Gasteiger partial charge < -0.3 is 10.1 Å². The van der Waals surface area contributed by atoms with Gasteiger partial charge in [-0.2, -0.15) is 0 Å². The van der Waals surface area contributed by atoms with E-state index in [1.54, 1.807) is 13.3 Å². The molecule has 3 nitrogen and oxygen atoms in total. The van der Waals surface area contributed by atoms with Crippen LogP contribution in [0.25, 0.3) is 0 Å². The summed E-state index contributed by atoms with van der Waals surface area (Å²) in [5.74, 6) is 0.611. The number of methoxy groups -OCH3 is 1. The maximum absolute atomic E-state index is 5.18. The molecule has 1 aromatic carbocycles. The Kier molecular flexibility index (Phi) is 3.98. The summed E-state index contributed by atoms with van der Waals surface area (Å²) >= 11 is 3.52. The first-order chi connectivity index (χ1) is 8.31. The molecular formula is C13H13BrN2O. The maximum atomic E-state index is 5.18. The first kappa shape index (κ1) is 11.9. The van der Waals surface area contributed by atoms with Gasteiger partial charge in [0.25, 0.3) is 0 Å². The molecular weight excluding hydrogens is 280 g/mol. The number of hydrogen-bond acceptors (Lipinski definition) is 3. The average molecular weight is 293 g/mol. The number of nitrogens with one attached hydrogen (secondary N) is 1. The molecule has 0 radical (unpaired) electrons. The highest BCUT2D eigenvalue weighted by atomic mass is 79.9. The van der Waals surface area contributed by atoms with Crippen molar-refractivity contribution in [3.8, 4) is 5.88 Å². The zero-order chi connectivity index (χ0) is 12.1. The molecule has 0 amide bonds. The number of aromatic nitrogens is 1.